The smallest absolute Gasteiger partial charge is 0.253 e. The Bertz CT molecular complexity index is 964. The number of piperidine rings is 1. The number of likely N-dealkylation sites (tertiary alicyclic amines) is 1. The summed E-state index contributed by atoms with van der Waals surface area (Å²) in [5.41, 5.74) is 1.05. The van der Waals surface area contributed by atoms with Crippen LogP contribution in [0.3, 0.4) is 0 Å². The molecule has 0 radical (unpaired) electrons. The lowest BCUT2D eigenvalue weighted by Crippen LogP contribution is -2.43. The Labute approximate surface area is 205 Å². The molecule has 3 amide bonds. The summed E-state index contributed by atoms with van der Waals surface area (Å²) in [6.45, 7) is 2.33. The molecule has 1 aliphatic carbocycles. The standard InChI is InChI=1S/C26H34N4O3S/c31-24(29-23-10-4-3-9-22(23)26(33)28-20-6-1-2-7-20)18-30-15-12-19(13-16-30)25(32)27-14-11-21-8-5-17-34-21/h3-5,8-10,17,19-20H,1-2,6-7,11-16,18H2,(H,27,32)(H,28,33)(H,29,31). The molecule has 8 heteroatoms. The van der Waals surface area contributed by atoms with E-state index in [4.69, 9.17) is 0 Å². The lowest BCUT2D eigenvalue weighted by molar-refractivity contribution is -0.126. The highest BCUT2D eigenvalue weighted by atomic mass is 32.1. The topological polar surface area (TPSA) is 90.5 Å². The highest BCUT2D eigenvalue weighted by Crippen LogP contribution is 2.21. The molecule has 0 atom stereocenters. The predicted molar refractivity (Wildman–Crippen MR) is 135 cm³/mol. The van der Waals surface area contributed by atoms with Crippen molar-refractivity contribution in [2.24, 2.45) is 5.92 Å². The summed E-state index contributed by atoms with van der Waals surface area (Å²) in [6.07, 6.45) is 6.69. The van der Waals surface area contributed by atoms with E-state index in [0.717, 1.165) is 44.9 Å². The zero-order chi connectivity index (χ0) is 23.8. The van der Waals surface area contributed by atoms with Gasteiger partial charge in [-0.05, 0) is 68.8 Å². The molecule has 0 spiro atoms. The summed E-state index contributed by atoms with van der Waals surface area (Å²) in [5, 5.41) is 11.1. The van der Waals surface area contributed by atoms with E-state index in [-0.39, 0.29) is 36.2 Å². The highest BCUT2D eigenvalue weighted by molar-refractivity contribution is 7.09. The fourth-order valence-corrected chi connectivity index (χ4v) is 5.49. The summed E-state index contributed by atoms with van der Waals surface area (Å²) in [5.74, 6) is -0.154. The van der Waals surface area contributed by atoms with Gasteiger partial charge in [-0.2, -0.15) is 0 Å². The number of amides is 3. The number of hydrogen-bond donors (Lipinski definition) is 3. The number of thiophene rings is 1. The van der Waals surface area contributed by atoms with Gasteiger partial charge in [-0.3, -0.25) is 19.3 Å². The van der Waals surface area contributed by atoms with Gasteiger partial charge in [0.25, 0.3) is 5.91 Å². The first-order chi connectivity index (χ1) is 16.6. The van der Waals surface area contributed by atoms with Gasteiger partial charge in [0.2, 0.25) is 11.8 Å². The van der Waals surface area contributed by atoms with Crippen LogP contribution in [0.15, 0.2) is 41.8 Å². The van der Waals surface area contributed by atoms with Gasteiger partial charge in [0, 0.05) is 23.4 Å². The number of hydrogen-bond acceptors (Lipinski definition) is 5. The van der Waals surface area contributed by atoms with Gasteiger partial charge in [0.1, 0.15) is 0 Å². The Morgan fingerprint density at radius 1 is 0.971 bits per heavy atom. The van der Waals surface area contributed by atoms with E-state index in [2.05, 4.69) is 26.9 Å². The summed E-state index contributed by atoms with van der Waals surface area (Å²) in [7, 11) is 0. The second kappa shape index (κ2) is 12.1. The fourth-order valence-electron chi connectivity index (χ4n) is 4.78. The average molecular weight is 483 g/mol. The molecule has 2 aliphatic rings. The maximum Gasteiger partial charge on any atom is 0.253 e. The second-order valence-corrected chi connectivity index (χ2v) is 10.3. The minimum Gasteiger partial charge on any atom is -0.355 e. The molecule has 0 unspecified atom stereocenters. The van der Waals surface area contributed by atoms with Crippen molar-refractivity contribution in [3.8, 4) is 0 Å². The Balaban J connectivity index is 1.20. The predicted octanol–water partition coefficient (Wildman–Crippen LogP) is 3.43. The zero-order valence-corrected chi connectivity index (χ0v) is 20.4. The first kappa shape index (κ1) is 24.4. The van der Waals surface area contributed by atoms with Crippen molar-refractivity contribution in [3.05, 3.63) is 52.2 Å². The number of benzene rings is 1. The third-order valence-electron chi connectivity index (χ3n) is 6.71. The van der Waals surface area contributed by atoms with Crippen molar-refractivity contribution < 1.29 is 14.4 Å². The molecule has 2 heterocycles. The van der Waals surface area contributed by atoms with Crippen molar-refractivity contribution in [2.75, 3.05) is 31.5 Å². The van der Waals surface area contributed by atoms with Crippen molar-refractivity contribution in [2.45, 2.75) is 51.0 Å². The number of nitrogens with one attached hydrogen (secondary N) is 3. The van der Waals surface area contributed by atoms with E-state index >= 15 is 0 Å². The van der Waals surface area contributed by atoms with E-state index in [1.165, 1.54) is 4.88 Å². The molecule has 182 valence electrons. The Morgan fingerprint density at radius 3 is 2.47 bits per heavy atom. The van der Waals surface area contributed by atoms with Crippen LogP contribution in [0, 0.1) is 5.92 Å². The van der Waals surface area contributed by atoms with E-state index in [1.54, 1.807) is 23.5 Å². The maximum absolute atomic E-state index is 12.7. The molecule has 3 N–H and O–H groups in total. The Kier molecular flexibility index (Phi) is 8.71. The van der Waals surface area contributed by atoms with E-state index in [0.29, 0.717) is 30.9 Å². The molecule has 7 nitrogen and oxygen atoms in total. The summed E-state index contributed by atoms with van der Waals surface area (Å²) < 4.78 is 0. The molecule has 4 rings (SSSR count). The minimum absolute atomic E-state index is 0.00246. The van der Waals surface area contributed by atoms with Crippen molar-refractivity contribution in [3.63, 3.8) is 0 Å². The van der Waals surface area contributed by atoms with Crippen LogP contribution < -0.4 is 16.0 Å². The Hall–Kier alpha value is -2.71. The summed E-state index contributed by atoms with van der Waals surface area (Å²) in [4.78, 5) is 41.3. The number of carbonyl (C=O) groups excluding carboxylic acids is 3. The monoisotopic (exact) mass is 482 g/mol. The molecular weight excluding hydrogens is 448 g/mol. The highest BCUT2D eigenvalue weighted by Gasteiger charge is 2.26. The van der Waals surface area contributed by atoms with Crippen LogP contribution in [0.25, 0.3) is 0 Å². The third kappa shape index (κ3) is 6.90. The van der Waals surface area contributed by atoms with Crippen LogP contribution in [-0.2, 0) is 16.0 Å². The lowest BCUT2D eigenvalue weighted by Gasteiger charge is -2.30. The van der Waals surface area contributed by atoms with Gasteiger partial charge in [-0.25, -0.2) is 0 Å². The number of carbonyl (C=O) groups is 3. The molecule has 0 bridgehead atoms. The van der Waals surface area contributed by atoms with Gasteiger partial charge in [0.15, 0.2) is 0 Å². The van der Waals surface area contributed by atoms with Gasteiger partial charge < -0.3 is 16.0 Å². The normalized spacial score (nSPS) is 17.4. The quantitative estimate of drug-likeness (QED) is 0.511. The first-order valence-corrected chi connectivity index (χ1v) is 13.2. The van der Waals surface area contributed by atoms with E-state index in [9.17, 15) is 14.4 Å². The van der Waals surface area contributed by atoms with Gasteiger partial charge in [-0.1, -0.05) is 31.0 Å². The van der Waals surface area contributed by atoms with Crippen molar-refractivity contribution in [1.29, 1.82) is 0 Å². The molecule has 1 saturated heterocycles. The zero-order valence-electron chi connectivity index (χ0n) is 19.6. The van der Waals surface area contributed by atoms with Crippen LogP contribution in [0.5, 0.6) is 0 Å². The Morgan fingerprint density at radius 2 is 1.74 bits per heavy atom. The lowest BCUT2D eigenvalue weighted by atomic mass is 9.96. The molecule has 2 fully saturated rings. The van der Waals surface area contributed by atoms with Crippen molar-refractivity contribution in [1.82, 2.24) is 15.5 Å². The minimum atomic E-state index is -0.139. The van der Waals surface area contributed by atoms with Crippen LogP contribution in [-0.4, -0.2) is 54.8 Å². The van der Waals surface area contributed by atoms with E-state index in [1.807, 2.05) is 23.6 Å². The SMILES string of the molecule is O=C(CN1CCC(C(=O)NCCc2cccs2)CC1)Nc1ccccc1C(=O)NC1CCCC1. The van der Waals surface area contributed by atoms with Crippen LogP contribution in [0.2, 0.25) is 0 Å². The molecule has 1 aliphatic heterocycles. The molecule has 1 saturated carbocycles. The summed E-state index contributed by atoms with van der Waals surface area (Å²) >= 11 is 1.71. The second-order valence-electron chi connectivity index (χ2n) is 9.22. The van der Waals surface area contributed by atoms with Crippen LogP contribution >= 0.6 is 11.3 Å². The van der Waals surface area contributed by atoms with Gasteiger partial charge >= 0.3 is 0 Å². The summed E-state index contributed by atoms with van der Waals surface area (Å²) in [6, 6.07) is 11.5. The van der Waals surface area contributed by atoms with E-state index < -0.39 is 0 Å². The molecular formula is C26H34N4O3S. The molecule has 34 heavy (non-hydrogen) atoms. The van der Waals surface area contributed by atoms with Gasteiger partial charge in [0.05, 0.1) is 17.8 Å². The number of rotatable bonds is 9. The third-order valence-corrected chi connectivity index (χ3v) is 7.65. The number of anilines is 1. The first-order valence-electron chi connectivity index (χ1n) is 12.3. The largest absolute Gasteiger partial charge is 0.355 e. The van der Waals surface area contributed by atoms with Gasteiger partial charge in [-0.15, -0.1) is 11.3 Å². The fraction of sp³-hybridized carbons (Fsp3) is 0.500. The van der Waals surface area contributed by atoms with Crippen LogP contribution in [0.1, 0.15) is 53.8 Å². The van der Waals surface area contributed by atoms with Crippen molar-refractivity contribution >= 4 is 34.7 Å². The average Bonchev–Trinajstić information content (AvgIpc) is 3.54. The number of para-hydroxylation sites is 1. The molecule has 2 aromatic rings. The molecule has 1 aromatic heterocycles. The van der Waals surface area contributed by atoms with Crippen LogP contribution in [0.4, 0.5) is 5.69 Å². The maximum atomic E-state index is 12.7. The molecule has 1 aromatic carbocycles. The number of nitrogens with zero attached hydrogens (tertiary/aromatic N) is 1.